The summed E-state index contributed by atoms with van der Waals surface area (Å²) in [6.07, 6.45) is 0. The summed E-state index contributed by atoms with van der Waals surface area (Å²) in [7, 11) is 1.61. The molecule has 0 atom stereocenters. The van der Waals surface area contributed by atoms with E-state index in [4.69, 9.17) is 10.5 Å². The Hall–Kier alpha value is -1.42. The smallest absolute Gasteiger partial charge is 0.176 e. The SMILES string of the molecule is COc1ccc(C2=C(N)SCC2=O)cc1. The Morgan fingerprint density at radius 1 is 1.33 bits per heavy atom. The number of hydrogen-bond acceptors (Lipinski definition) is 4. The van der Waals surface area contributed by atoms with Crippen LogP contribution in [-0.4, -0.2) is 18.6 Å². The first-order valence-electron chi connectivity index (χ1n) is 4.52. The van der Waals surface area contributed by atoms with Crippen molar-refractivity contribution in [2.75, 3.05) is 12.9 Å². The topological polar surface area (TPSA) is 52.3 Å². The van der Waals surface area contributed by atoms with Gasteiger partial charge in [-0.05, 0) is 17.7 Å². The summed E-state index contributed by atoms with van der Waals surface area (Å²) in [6.45, 7) is 0. The van der Waals surface area contributed by atoms with Crippen molar-refractivity contribution in [3.8, 4) is 5.75 Å². The first kappa shape index (κ1) is 10.1. The van der Waals surface area contributed by atoms with Crippen LogP contribution in [0.5, 0.6) is 5.75 Å². The molecule has 0 aromatic heterocycles. The maximum Gasteiger partial charge on any atom is 0.176 e. The number of carbonyl (C=O) groups is 1. The highest BCUT2D eigenvalue weighted by Gasteiger charge is 2.23. The van der Waals surface area contributed by atoms with Gasteiger partial charge in [-0.25, -0.2) is 0 Å². The average Bonchev–Trinajstić information content (AvgIpc) is 2.59. The fraction of sp³-hybridized carbons (Fsp3) is 0.182. The number of ketones is 1. The highest BCUT2D eigenvalue weighted by molar-refractivity contribution is 8.04. The molecule has 1 aromatic carbocycles. The summed E-state index contributed by atoms with van der Waals surface area (Å²) in [5, 5.41) is 0.616. The van der Waals surface area contributed by atoms with Gasteiger partial charge >= 0.3 is 0 Å². The van der Waals surface area contributed by atoms with Crippen molar-refractivity contribution in [2.24, 2.45) is 5.73 Å². The molecule has 0 radical (unpaired) electrons. The maximum atomic E-state index is 11.5. The predicted octanol–water partition coefficient (Wildman–Crippen LogP) is 1.64. The second-order valence-corrected chi connectivity index (χ2v) is 4.20. The highest BCUT2D eigenvalue weighted by atomic mass is 32.2. The van der Waals surface area contributed by atoms with E-state index < -0.39 is 0 Å². The lowest BCUT2D eigenvalue weighted by Gasteiger charge is -2.03. The molecule has 2 rings (SSSR count). The van der Waals surface area contributed by atoms with Crippen LogP contribution in [-0.2, 0) is 4.79 Å². The zero-order valence-electron chi connectivity index (χ0n) is 8.32. The molecular weight excluding hydrogens is 210 g/mol. The number of benzene rings is 1. The number of thioether (sulfide) groups is 1. The number of carbonyl (C=O) groups excluding carboxylic acids is 1. The Kier molecular flexibility index (Phi) is 2.68. The quantitative estimate of drug-likeness (QED) is 0.824. The lowest BCUT2D eigenvalue weighted by molar-refractivity contribution is -0.111. The molecule has 15 heavy (non-hydrogen) atoms. The highest BCUT2D eigenvalue weighted by Crippen LogP contribution is 2.32. The fourth-order valence-corrected chi connectivity index (χ4v) is 2.29. The number of allylic oxidation sites excluding steroid dienone is 1. The van der Waals surface area contributed by atoms with E-state index in [1.165, 1.54) is 11.8 Å². The van der Waals surface area contributed by atoms with Crippen LogP contribution in [0.15, 0.2) is 29.3 Å². The van der Waals surface area contributed by atoms with Crippen LogP contribution in [0.3, 0.4) is 0 Å². The van der Waals surface area contributed by atoms with Crippen molar-refractivity contribution in [1.29, 1.82) is 0 Å². The van der Waals surface area contributed by atoms with Crippen molar-refractivity contribution in [3.63, 3.8) is 0 Å². The lowest BCUT2D eigenvalue weighted by Crippen LogP contribution is -2.01. The normalized spacial score (nSPS) is 15.9. The lowest BCUT2D eigenvalue weighted by atomic mass is 10.0. The zero-order valence-corrected chi connectivity index (χ0v) is 9.14. The molecule has 0 aliphatic carbocycles. The van der Waals surface area contributed by atoms with Gasteiger partial charge in [-0.1, -0.05) is 12.1 Å². The van der Waals surface area contributed by atoms with E-state index in [1.54, 1.807) is 7.11 Å². The van der Waals surface area contributed by atoms with Crippen LogP contribution < -0.4 is 10.5 Å². The van der Waals surface area contributed by atoms with Crippen LogP contribution in [0, 0.1) is 0 Å². The minimum absolute atomic E-state index is 0.0997. The zero-order chi connectivity index (χ0) is 10.8. The molecule has 78 valence electrons. The van der Waals surface area contributed by atoms with Gasteiger partial charge in [-0.2, -0.15) is 0 Å². The molecule has 1 aromatic rings. The third-order valence-electron chi connectivity index (χ3n) is 2.26. The van der Waals surface area contributed by atoms with Gasteiger partial charge in [0, 0.05) is 0 Å². The monoisotopic (exact) mass is 221 g/mol. The van der Waals surface area contributed by atoms with Gasteiger partial charge in [0.2, 0.25) is 0 Å². The van der Waals surface area contributed by atoms with Crippen LogP contribution in [0.1, 0.15) is 5.56 Å². The maximum absolute atomic E-state index is 11.5. The molecule has 0 saturated heterocycles. The van der Waals surface area contributed by atoms with Crippen molar-refractivity contribution >= 4 is 23.1 Å². The number of hydrogen-bond donors (Lipinski definition) is 1. The van der Waals surface area contributed by atoms with Crippen molar-refractivity contribution in [2.45, 2.75) is 0 Å². The summed E-state index contributed by atoms with van der Waals surface area (Å²) >= 11 is 1.39. The fourth-order valence-electron chi connectivity index (χ4n) is 1.49. The van der Waals surface area contributed by atoms with Crippen molar-refractivity contribution in [3.05, 3.63) is 34.9 Å². The molecule has 0 bridgehead atoms. The Balaban J connectivity index is 2.37. The Bertz CT molecular complexity index is 423. The molecule has 3 nitrogen and oxygen atoms in total. The van der Waals surface area contributed by atoms with Crippen LogP contribution >= 0.6 is 11.8 Å². The molecule has 0 spiro atoms. The first-order chi connectivity index (χ1) is 7.22. The van der Waals surface area contributed by atoms with Crippen LogP contribution in [0.25, 0.3) is 5.57 Å². The van der Waals surface area contributed by atoms with E-state index in [-0.39, 0.29) is 5.78 Å². The van der Waals surface area contributed by atoms with Gasteiger partial charge in [-0.3, -0.25) is 4.79 Å². The number of ether oxygens (including phenoxy) is 1. The molecule has 0 fully saturated rings. The second kappa shape index (κ2) is 3.98. The van der Waals surface area contributed by atoms with E-state index in [1.807, 2.05) is 24.3 Å². The van der Waals surface area contributed by atoms with E-state index in [0.717, 1.165) is 11.3 Å². The molecule has 2 N–H and O–H groups in total. The van der Waals surface area contributed by atoms with Crippen LogP contribution in [0.2, 0.25) is 0 Å². The largest absolute Gasteiger partial charge is 0.497 e. The molecule has 0 unspecified atom stereocenters. The van der Waals surface area contributed by atoms with Crippen molar-refractivity contribution in [1.82, 2.24) is 0 Å². The molecule has 0 amide bonds. The molecular formula is C11H11NO2S. The minimum atomic E-state index is 0.0997. The summed E-state index contributed by atoms with van der Waals surface area (Å²) in [5.41, 5.74) is 7.27. The third kappa shape index (κ3) is 1.85. The predicted molar refractivity (Wildman–Crippen MR) is 61.6 cm³/mol. The molecule has 1 aliphatic rings. The molecule has 4 heteroatoms. The van der Waals surface area contributed by atoms with Gasteiger partial charge in [0.05, 0.1) is 23.5 Å². The summed E-state index contributed by atoms with van der Waals surface area (Å²) in [4.78, 5) is 11.5. The number of nitrogens with two attached hydrogens (primary N) is 1. The van der Waals surface area contributed by atoms with E-state index in [0.29, 0.717) is 16.4 Å². The summed E-state index contributed by atoms with van der Waals surface area (Å²) in [6, 6.07) is 7.35. The number of rotatable bonds is 2. The van der Waals surface area contributed by atoms with Gasteiger partial charge < -0.3 is 10.5 Å². The Morgan fingerprint density at radius 2 is 2.00 bits per heavy atom. The summed E-state index contributed by atoms with van der Waals surface area (Å²) in [5.74, 6) is 1.33. The molecule has 1 heterocycles. The van der Waals surface area contributed by atoms with Gasteiger partial charge in [0.25, 0.3) is 0 Å². The first-order valence-corrected chi connectivity index (χ1v) is 5.51. The van der Waals surface area contributed by atoms with E-state index in [2.05, 4.69) is 0 Å². The minimum Gasteiger partial charge on any atom is -0.497 e. The van der Waals surface area contributed by atoms with Gasteiger partial charge in [0.15, 0.2) is 5.78 Å². The molecule has 0 saturated carbocycles. The van der Waals surface area contributed by atoms with Crippen molar-refractivity contribution < 1.29 is 9.53 Å². The average molecular weight is 221 g/mol. The second-order valence-electron chi connectivity index (χ2n) is 3.18. The Morgan fingerprint density at radius 3 is 2.47 bits per heavy atom. The van der Waals surface area contributed by atoms with Gasteiger partial charge in [-0.15, -0.1) is 11.8 Å². The van der Waals surface area contributed by atoms with E-state index >= 15 is 0 Å². The van der Waals surface area contributed by atoms with E-state index in [9.17, 15) is 4.79 Å². The van der Waals surface area contributed by atoms with Gasteiger partial charge in [0.1, 0.15) is 5.75 Å². The number of Topliss-reactive ketones (excluding diaryl/α,β-unsaturated/α-hetero) is 1. The third-order valence-corrected chi connectivity index (χ3v) is 3.18. The Labute approximate surface area is 92.3 Å². The standard InChI is InChI=1S/C11H11NO2S/c1-14-8-4-2-7(3-5-8)10-9(13)6-15-11(10)12/h2-5H,6,12H2,1H3. The van der Waals surface area contributed by atoms with Crippen LogP contribution in [0.4, 0.5) is 0 Å². The number of methoxy groups -OCH3 is 1. The molecule has 1 aliphatic heterocycles. The summed E-state index contributed by atoms with van der Waals surface area (Å²) < 4.78 is 5.05.